The summed E-state index contributed by atoms with van der Waals surface area (Å²) in [6, 6.07) is 0.105. The van der Waals surface area contributed by atoms with Crippen LogP contribution in [-0.4, -0.2) is 48.2 Å². The van der Waals surface area contributed by atoms with E-state index in [4.69, 9.17) is 9.84 Å². The van der Waals surface area contributed by atoms with E-state index in [0.29, 0.717) is 13.2 Å². The number of aliphatic carboxylic acids is 1. The summed E-state index contributed by atoms with van der Waals surface area (Å²) in [5.41, 5.74) is -0.420. The summed E-state index contributed by atoms with van der Waals surface area (Å²) < 4.78 is 5.24. The summed E-state index contributed by atoms with van der Waals surface area (Å²) in [6.45, 7) is 4.92. The van der Waals surface area contributed by atoms with Gasteiger partial charge in [0.05, 0.1) is 24.5 Å². The molecule has 1 unspecified atom stereocenters. The minimum atomic E-state index is -0.871. The van der Waals surface area contributed by atoms with E-state index in [1.54, 1.807) is 11.9 Å². The Bertz CT molecular complexity index is 346. The molecule has 0 aromatic carbocycles. The second kappa shape index (κ2) is 3.98. The minimum Gasteiger partial charge on any atom is -0.481 e. The molecule has 96 valence electrons. The number of carboxylic acid groups (broad SMARTS) is 1. The quantitative estimate of drug-likeness (QED) is 0.785. The van der Waals surface area contributed by atoms with E-state index >= 15 is 0 Å². The molecule has 17 heavy (non-hydrogen) atoms. The fraction of sp³-hybridized carbons (Fsp3) is 0.833. The van der Waals surface area contributed by atoms with E-state index < -0.39 is 17.3 Å². The number of ether oxygens (including phenoxy) is 1. The Labute approximate surface area is 101 Å². The van der Waals surface area contributed by atoms with Crippen molar-refractivity contribution in [2.45, 2.75) is 26.3 Å². The van der Waals surface area contributed by atoms with Crippen LogP contribution in [0.4, 0.5) is 0 Å². The summed E-state index contributed by atoms with van der Waals surface area (Å²) in [6.07, 6.45) is 0.840. The van der Waals surface area contributed by atoms with Crippen LogP contribution in [0.15, 0.2) is 0 Å². The summed E-state index contributed by atoms with van der Waals surface area (Å²) in [5, 5.41) is 9.06. The maximum absolute atomic E-state index is 12.2. The number of carboxylic acids is 1. The van der Waals surface area contributed by atoms with Crippen molar-refractivity contribution >= 4 is 11.9 Å². The third kappa shape index (κ3) is 1.92. The van der Waals surface area contributed by atoms with E-state index in [1.165, 1.54) is 0 Å². The number of nitrogens with zero attached hydrogens (tertiary/aromatic N) is 1. The lowest BCUT2D eigenvalue weighted by atomic mass is 10.1. The maximum Gasteiger partial charge on any atom is 0.307 e. The van der Waals surface area contributed by atoms with Crippen LogP contribution in [-0.2, 0) is 14.3 Å². The van der Waals surface area contributed by atoms with Crippen molar-refractivity contribution in [1.82, 2.24) is 4.90 Å². The van der Waals surface area contributed by atoms with Crippen LogP contribution in [0.3, 0.4) is 0 Å². The third-order valence-electron chi connectivity index (χ3n) is 4.16. The lowest BCUT2D eigenvalue weighted by molar-refractivity contribution is -0.142. The van der Waals surface area contributed by atoms with Gasteiger partial charge in [-0.2, -0.15) is 0 Å². The second-order valence-electron chi connectivity index (χ2n) is 5.58. The van der Waals surface area contributed by atoms with Gasteiger partial charge in [0.2, 0.25) is 5.91 Å². The zero-order valence-electron chi connectivity index (χ0n) is 10.5. The van der Waals surface area contributed by atoms with Gasteiger partial charge in [-0.15, -0.1) is 0 Å². The van der Waals surface area contributed by atoms with E-state index in [9.17, 15) is 9.59 Å². The van der Waals surface area contributed by atoms with Gasteiger partial charge in [-0.25, -0.2) is 0 Å². The van der Waals surface area contributed by atoms with Crippen molar-refractivity contribution in [3.63, 3.8) is 0 Å². The Hall–Kier alpha value is -1.10. The van der Waals surface area contributed by atoms with Crippen LogP contribution < -0.4 is 0 Å². The first-order valence-electron chi connectivity index (χ1n) is 5.94. The van der Waals surface area contributed by atoms with Gasteiger partial charge in [-0.3, -0.25) is 9.59 Å². The highest BCUT2D eigenvalue weighted by Crippen LogP contribution is 2.59. The monoisotopic (exact) mass is 241 g/mol. The predicted molar refractivity (Wildman–Crippen MR) is 60.4 cm³/mol. The molecule has 0 bridgehead atoms. The van der Waals surface area contributed by atoms with Gasteiger partial charge in [0.25, 0.3) is 0 Å². The Morgan fingerprint density at radius 2 is 2.00 bits per heavy atom. The molecular weight excluding hydrogens is 222 g/mol. The summed E-state index contributed by atoms with van der Waals surface area (Å²) >= 11 is 0. The van der Waals surface area contributed by atoms with Crippen LogP contribution in [0.25, 0.3) is 0 Å². The number of carbonyl (C=O) groups is 2. The average molecular weight is 241 g/mol. The van der Waals surface area contributed by atoms with Gasteiger partial charge in [0.1, 0.15) is 0 Å². The molecule has 1 saturated heterocycles. The molecule has 0 spiro atoms. The Balaban J connectivity index is 2.03. The first-order chi connectivity index (χ1) is 7.87. The van der Waals surface area contributed by atoms with Crippen molar-refractivity contribution in [3.05, 3.63) is 0 Å². The fourth-order valence-electron chi connectivity index (χ4n) is 2.79. The number of amides is 1. The van der Waals surface area contributed by atoms with E-state index in [1.807, 2.05) is 13.8 Å². The number of hydrogen-bond acceptors (Lipinski definition) is 3. The molecule has 1 aliphatic carbocycles. The van der Waals surface area contributed by atoms with Crippen molar-refractivity contribution < 1.29 is 19.4 Å². The first kappa shape index (κ1) is 12.4. The minimum absolute atomic E-state index is 0.0575. The molecule has 1 heterocycles. The summed E-state index contributed by atoms with van der Waals surface area (Å²) in [4.78, 5) is 24.9. The van der Waals surface area contributed by atoms with Gasteiger partial charge < -0.3 is 14.7 Å². The molecule has 5 nitrogen and oxygen atoms in total. The topological polar surface area (TPSA) is 66.8 Å². The molecule has 2 rings (SSSR count). The highest BCUT2D eigenvalue weighted by molar-refractivity contribution is 5.91. The second-order valence-corrected chi connectivity index (χ2v) is 5.58. The highest BCUT2D eigenvalue weighted by atomic mass is 16.5. The van der Waals surface area contributed by atoms with E-state index in [2.05, 4.69) is 0 Å². The summed E-state index contributed by atoms with van der Waals surface area (Å²) in [5.74, 6) is -1.85. The lowest BCUT2D eigenvalue weighted by Gasteiger charge is -2.23. The van der Waals surface area contributed by atoms with Crippen LogP contribution in [0, 0.1) is 17.3 Å². The largest absolute Gasteiger partial charge is 0.481 e. The van der Waals surface area contributed by atoms with Gasteiger partial charge >= 0.3 is 5.97 Å². The molecule has 1 N–H and O–H groups in total. The smallest absolute Gasteiger partial charge is 0.307 e. The summed E-state index contributed by atoms with van der Waals surface area (Å²) in [7, 11) is 1.75. The molecule has 0 aromatic heterocycles. The van der Waals surface area contributed by atoms with Crippen LogP contribution in [0.2, 0.25) is 0 Å². The van der Waals surface area contributed by atoms with Crippen molar-refractivity contribution in [2.24, 2.45) is 17.3 Å². The molecule has 1 saturated carbocycles. The van der Waals surface area contributed by atoms with Crippen LogP contribution in [0.1, 0.15) is 20.3 Å². The van der Waals surface area contributed by atoms with Crippen molar-refractivity contribution in [2.75, 3.05) is 20.3 Å². The maximum atomic E-state index is 12.2. The van der Waals surface area contributed by atoms with Crippen LogP contribution >= 0.6 is 0 Å². The molecule has 1 aliphatic heterocycles. The first-order valence-corrected chi connectivity index (χ1v) is 5.94. The SMILES string of the molecule is CN(C(=O)[C@H]1[C@@H](C(=O)O)C1(C)C)C1CCOC1. The lowest BCUT2D eigenvalue weighted by Crippen LogP contribution is -2.39. The molecule has 1 amide bonds. The van der Waals surface area contributed by atoms with Crippen molar-refractivity contribution in [3.8, 4) is 0 Å². The van der Waals surface area contributed by atoms with E-state index in [-0.39, 0.29) is 17.9 Å². The molecule has 5 heteroatoms. The number of likely N-dealkylation sites (N-methyl/N-ethyl adjacent to an activating group) is 1. The average Bonchev–Trinajstić information content (AvgIpc) is 2.69. The highest BCUT2D eigenvalue weighted by Gasteiger charge is 2.66. The Morgan fingerprint density at radius 3 is 2.41 bits per heavy atom. The Kier molecular flexibility index (Phi) is 2.89. The Morgan fingerprint density at radius 1 is 1.35 bits per heavy atom. The molecule has 2 aliphatic rings. The molecule has 3 atom stereocenters. The standard InChI is InChI=1S/C12H19NO4/c1-12(2)8(9(12)11(15)16)10(14)13(3)7-4-5-17-6-7/h7-9H,4-6H2,1-3H3,(H,15,16)/t7?,8-,9+/m1/s1. The molecular formula is C12H19NO4. The number of carbonyl (C=O) groups excluding carboxylic acids is 1. The number of hydrogen-bond donors (Lipinski definition) is 1. The normalized spacial score (nSPS) is 34.4. The van der Waals surface area contributed by atoms with Gasteiger partial charge in [-0.05, 0) is 11.8 Å². The zero-order valence-corrected chi connectivity index (χ0v) is 10.5. The molecule has 2 fully saturated rings. The van der Waals surface area contributed by atoms with Gasteiger partial charge in [0.15, 0.2) is 0 Å². The predicted octanol–water partition coefficient (Wildman–Crippen LogP) is 0.590. The fourth-order valence-corrected chi connectivity index (χ4v) is 2.79. The van der Waals surface area contributed by atoms with Gasteiger partial charge in [0, 0.05) is 13.7 Å². The molecule has 0 radical (unpaired) electrons. The van der Waals surface area contributed by atoms with E-state index in [0.717, 1.165) is 6.42 Å². The number of rotatable bonds is 3. The third-order valence-corrected chi connectivity index (χ3v) is 4.16. The van der Waals surface area contributed by atoms with Gasteiger partial charge in [-0.1, -0.05) is 13.8 Å². The molecule has 0 aromatic rings. The van der Waals surface area contributed by atoms with Crippen molar-refractivity contribution in [1.29, 1.82) is 0 Å². The van der Waals surface area contributed by atoms with Crippen LogP contribution in [0.5, 0.6) is 0 Å². The zero-order chi connectivity index (χ0) is 12.8.